The number of hydrogen-bond acceptors (Lipinski definition) is 5. The van der Waals surface area contributed by atoms with Crippen molar-refractivity contribution in [2.75, 3.05) is 14.2 Å². The van der Waals surface area contributed by atoms with Crippen molar-refractivity contribution in [2.45, 2.75) is 17.7 Å². The van der Waals surface area contributed by atoms with Crippen LogP contribution in [0.4, 0.5) is 0 Å². The van der Waals surface area contributed by atoms with Gasteiger partial charge < -0.3 is 9.47 Å². The van der Waals surface area contributed by atoms with E-state index in [1.807, 2.05) is 31.2 Å². The molecule has 0 saturated carbocycles. The molecule has 2 rings (SSSR count). The van der Waals surface area contributed by atoms with Crippen LogP contribution in [-0.4, -0.2) is 24.2 Å². The summed E-state index contributed by atoms with van der Waals surface area (Å²) >= 11 is 7.50. The molecule has 20 heavy (non-hydrogen) atoms. The summed E-state index contributed by atoms with van der Waals surface area (Å²) < 4.78 is 10.3. The molecule has 0 aliphatic rings. The molecule has 0 aliphatic heterocycles. The fourth-order valence-corrected chi connectivity index (χ4v) is 2.63. The predicted octanol–water partition coefficient (Wildman–Crippen LogP) is 3.75. The number of halogens is 1. The van der Waals surface area contributed by atoms with Gasteiger partial charge in [0.25, 0.3) is 0 Å². The van der Waals surface area contributed by atoms with E-state index in [9.17, 15) is 0 Å². The van der Waals surface area contributed by atoms with Gasteiger partial charge in [0.05, 0.1) is 19.9 Å². The van der Waals surface area contributed by atoms with E-state index in [1.54, 1.807) is 26.0 Å². The zero-order chi connectivity index (χ0) is 14.5. The maximum atomic E-state index is 5.94. The van der Waals surface area contributed by atoms with E-state index >= 15 is 0 Å². The van der Waals surface area contributed by atoms with Crippen LogP contribution >= 0.6 is 23.4 Å². The van der Waals surface area contributed by atoms with Gasteiger partial charge in [-0.05, 0) is 24.6 Å². The van der Waals surface area contributed by atoms with Crippen LogP contribution in [0.15, 0.2) is 29.3 Å². The van der Waals surface area contributed by atoms with Crippen LogP contribution in [0, 0.1) is 6.92 Å². The Hall–Kier alpha value is -1.46. The molecule has 0 fully saturated rings. The highest BCUT2D eigenvalue weighted by molar-refractivity contribution is 7.98. The molecule has 1 aromatic heterocycles. The van der Waals surface area contributed by atoms with Gasteiger partial charge in [-0.25, -0.2) is 4.98 Å². The van der Waals surface area contributed by atoms with Gasteiger partial charge in [-0.1, -0.05) is 35.5 Å². The number of thioether (sulfide) groups is 1. The minimum absolute atomic E-state index is 0.371. The average molecular weight is 311 g/mol. The Bertz CT molecular complexity index is 590. The van der Waals surface area contributed by atoms with Gasteiger partial charge in [-0.2, -0.15) is 4.98 Å². The highest BCUT2D eigenvalue weighted by Crippen LogP contribution is 2.30. The Kier molecular flexibility index (Phi) is 5.09. The Labute approximate surface area is 127 Å². The van der Waals surface area contributed by atoms with Crippen LogP contribution in [0.1, 0.15) is 11.3 Å². The third-order valence-electron chi connectivity index (χ3n) is 2.68. The zero-order valence-electron chi connectivity index (χ0n) is 11.5. The summed E-state index contributed by atoms with van der Waals surface area (Å²) in [6, 6.07) is 7.92. The summed E-state index contributed by atoms with van der Waals surface area (Å²) in [6.07, 6.45) is 0. The maximum absolute atomic E-state index is 5.94. The molecular weight excluding hydrogens is 296 g/mol. The number of aromatic nitrogens is 2. The first-order chi connectivity index (χ1) is 9.63. The summed E-state index contributed by atoms with van der Waals surface area (Å²) in [5.41, 5.74) is 1.87. The minimum Gasteiger partial charge on any atom is -0.497 e. The van der Waals surface area contributed by atoms with Gasteiger partial charge in [0.1, 0.15) is 5.75 Å². The van der Waals surface area contributed by atoms with E-state index in [0.717, 1.165) is 16.5 Å². The van der Waals surface area contributed by atoms with Crippen molar-refractivity contribution in [3.05, 3.63) is 40.7 Å². The summed E-state index contributed by atoms with van der Waals surface area (Å²) in [4.78, 5) is 8.58. The van der Waals surface area contributed by atoms with Crippen LogP contribution in [0.25, 0.3) is 0 Å². The second kappa shape index (κ2) is 6.81. The van der Waals surface area contributed by atoms with Crippen molar-refractivity contribution in [3.8, 4) is 11.6 Å². The molecule has 0 N–H and O–H groups in total. The molecule has 106 valence electrons. The van der Waals surface area contributed by atoms with E-state index in [4.69, 9.17) is 21.1 Å². The normalized spacial score (nSPS) is 10.4. The molecule has 0 saturated heterocycles. The van der Waals surface area contributed by atoms with Crippen molar-refractivity contribution >= 4 is 23.4 Å². The summed E-state index contributed by atoms with van der Waals surface area (Å²) in [6.45, 7) is 1.83. The maximum Gasteiger partial charge on any atom is 0.248 e. The van der Waals surface area contributed by atoms with Crippen LogP contribution in [0.5, 0.6) is 11.6 Å². The number of benzene rings is 1. The average Bonchev–Trinajstić information content (AvgIpc) is 2.48. The lowest BCUT2D eigenvalue weighted by Gasteiger charge is -2.08. The second-order valence-electron chi connectivity index (χ2n) is 4.05. The first kappa shape index (κ1) is 14.9. The Morgan fingerprint density at radius 2 is 1.80 bits per heavy atom. The van der Waals surface area contributed by atoms with Gasteiger partial charge in [-0.3, -0.25) is 0 Å². The van der Waals surface area contributed by atoms with Crippen LogP contribution < -0.4 is 9.47 Å². The lowest BCUT2D eigenvalue weighted by atomic mass is 10.2. The van der Waals surface area contributed by atoms with E-state index < -0.39 is 0 Å². The van der Waals surface area contributed by atoms with Gasteiger partial charge >= 0.3 is 0 Å². The first-order valence-electron chi connectivity index (χ1n) is 5.98. The van der Waals surface area contributed by atoms with Crippen LogP contribution in [0.3, 0.4) is 0 Å². The van der Waals surface area contributed by atoms with E-state index in [0.29, 0.717) is 16.7 Å². The monoisotopic (exact) mass is 310 g/mol. The Morgan fingerprint density at radius 3 is 2.40 bits per heavy atom. The minimum atomic E-state index is 0.371. The number of nitrogens with zero attached hydrogens (tertiary/aromatic N) is 2. The zero-order valence-corrected chi connectivity index (χ0v) is 13.1. The quantitative estimate of drug-likeness (QED) is 0.787. The van der Waals surface area contributed by atoms with Crippen LogP contribution in [0.2, 0.25) is 5.15 Å². The third kappa shape index (κ3) is 3.55. The number of aryl methyl sites for hydroxylation is 1. The van der Waals surface area contributed by atoms with Gasteiger partial charge in [0.2, 0.25) is 5.88 Å². The van der Waals surface area contributed by atoms with Crippen molar-refractivity contribution in [2.24, 2.45) is 0 Å². The number of ether oxygens (including phenoxy) is 2. The molecule has 2 aromatic rings. The fourth-order valence-electron chi connectivity index (χ4n) is 1.56. The van der Waals surface area contributed by atoms with E-state index in [1.165, 1.54) is 5.56 Å². The standard InChI is InChI=1S/C14H15ClN2O2S/c1-9-12(15)17-13(19-3)14(16-9)20-8-10-4-6-11(18-2)7-5-10/h4-7H,8H2,1-3H3. The number of hydrogen-bond donors (Lipinski definition) is 0. The molecule has 6 heteroatoms. The highest BCUT2D eigenvalue weighted by Gasteiger charge is 2.11. The summed E-state index contributed by atoms with van der Waals surface area (Å²) in [5, 5.41) is 1.11. The molecule has 1 heterocycles. The molecule has 0 atom stereocenters. The fraction of sp³-hybridized carbons (Fsp3) is 0.286. The van der Waals surface area contributed by atoms with E-state index in [-0.39, 0.29) is 0 Å². The topological polar surface area (TPSA) is 44.2 Å². The molecule has 0 unspecified atom stereocenters. The molecule has 0 spiro atoms. The molecule has 1 aromatic carbocycles. The van der Waals surface area contributed by atoms with E-state index in [2.05, 4.69) is 9.97 Å². The van der Waals surface area contributed by atoms with Crippen molar-refractivity contribution in [1.29, 1.82) is 0 Å². The van der Waals surface area contributed by atoms with Crippen molar-refractivity contribution in [1.82, 2.24) is 9.97 Å². The lowest BCUT2D eigenvalue weighted by Crippen LogP contribution is -1.97. The number of methoxy groups -OCH3 is 2. The van der Waals surface area contributed by atoms with Crippen molar-refractivity contribution in [3.63, 3.8) is 0 Å². The lowest BCUT2D eigenvalue weighted by molar-refractivity contribution is 0.382. The number of rotatable bonds is 5. The van der Waals surface area contributed by atoms with Crippen molar-refractivity contribution < 1.29 is 9.47 Å². The van der Waals surface area contributed by atoms with Gasteiger partial charge in [-0.15, -0.1) is 0 Å². The van der Waals surface area contributed by atoms with Gasteiger partial charge in [0, 0.05) is 5.75 Å². The second-order valence-corrected chi connectivity index (χ2v) is 5.37. The molecule has 0 amide bonds. The largest absolute Gasteiger partial charge is 0.497 e. The Morgan fingerprint density at radius 1 is 1.10 bits per heavy atom. The molecule has 4 nitrogen and oxygen atoms in total. The van der Waals surface area contributed by atoms with Crippen LogP contribution in [-0.2, 0) is 5.75 Å². The molecule has 0 aliphatic carbocycles. The smallest absolute Gasteiger partial charge is 0.248 e. The predicted molar refractivity (Wildman–Crippen MR) is 80.9 cm³/mol. The molecule has 0 radical (unpaired) electrons. The highest BCUT2D eigenvalue weighted by atomic mass is 35.5. The summed E-state index contributed by atoms with van der Waals surface area (Å²) in [5.74, 6) is 2.08. The summed E-state index contributed by atoms with van der Waals surface area (Å²) in [7, 11) is 3.22. The Balaban J connectivity index is 2.11. The third-order valence-corrected chi connectivity index (χ3v) is 4.05. The first-order valence-corrected chi connectivity index (χ1v) is 7.34. The molecular formula is C14H15ClN2O2S. The SMILES string of the molecule is COc1ccc(CSc2nc(C)c(Cl)nc2OC)cc1. The molecule has 0 bridgehead atoms. The van der Waals surface area contributed by atoms with Gasteiger partial charge in [0.15, 0.2) is 10.2 Å².